The predicted molar refractivity (Wildman–Crippen MR) is 56.5 cm³/mol. The highest BCUT2D eigenvalue weighted by Gasteiger charge is 2.10. The summed E-state index contributed by atoms with van der Waals surface area (Å²) in [5, 5.41) is 9.59. The van der Waals surface area contributed by atoms with Crippen LogP contribution in [0.25, 0.3) is 6.08 Å². The second kappa shape index (κ2) is 5.14. The zero-order valence-corrected chi connectivity index (χ0v) is 9.14. The Morgan fingerprint density at radius 3 is 3.15 bits per heavy atom. The molecule has 5 heteroatoms. The van der Waals surface area contributed by atoms with Gasteiger partial charge in [-0.05, 0) is 12.5 Å². The minimum absolute atomic E-state index is 0.135. The van der Waals surface area contributed by atoms with Gasteiger partial charge in [0, 0.05) is 5.33 Å². The molecule has 0 bridgehead atoms. The van der Waals surface area contributed by atoms with E-state index < -0.39 is 5.97 Å². The molecule has 1 heterocycles. The van der Waals surface area contributed by atoms with Crippen molar-refractivity contribution in [2.45, 2.75) is 6.42 Å². The van der Waals surface area contributed by atoms with Gasteiger partial charge in [-0.15, -0.1) is 11.3 Å². The largest absolute Gasteiger partial charge is 0.476 e. The quantitative estimate of drug-likeness (QED) is 0.848. The number of alkyl halides is 1. The molecular formula is C8H8BrNO2S. The summed E-state index contributed by atoms with van der Waals surface area (Å²) in [6.07, 6.45) is 4.61. The second-order valence-corrected chi connectivity index (χ2v) is 3.93. The van der Waals surface area contributed by atoms with Crippen LogP contribution in [0.15, 0.2) is 11.6 Å². The maximum atomic E-state index is 10.6. The highest BCUT2D eigenvalue weighted by molar-refractivity contribution is 9.09. The Kier molecular flexibility index (Phi) is 4.11. The Labute approximate surface area is 88.2 Å². The number of allylic oxidation sites excluding steroid dienone is 1. The summed E-state index contributed by atoms with van der Waals surface area (Å²) in [7, 11) is 0. The Bertz CT molecular complexity index is 322. The lowest BCUT2D eigenvalue weighted by molar-refractivity contribution is 0.0691. The summed E-state index contributed by atoms with van der Waals surface area (Å²) < 4.78 is 0. The van der Waals surface area contributed by atoms with E-state index in [0.29, 0.717) is 4.88 Å². The van der Waals surface area contributed by atoms with E-state index in [2.05, 4.69) is 20.9 Å². The molecule has 0 aliphatic heterocycles. The zero-order valence-electron chi connectivity index (χ0n) is 6.74. The normalized spacial score (nSPS) is 10.8. The van der Waals surface area contributed by atoms with Crippen molar-refractivity contribution in [2.75, 3.05) is 5.33 Å². The fourth-order valence-electron chi connectivity index (χ4n) is 0.787. The van der Waals surface area contributed by atoms with E-state index in [9.17, 15) is 4.79 Å². The van der Waals surface area contributed by atoms with Crippen LogP contribution in [-0.2, 0) is 0 Å². The Morgan fingerprint density at radius 2 is 2.54 bits per heavy atom. The molecule has 0 saturated heterocycles. The number of carbonyl (C=O) groups is 1. The standard InChI is InChI=1S/C8H8BrNO2S/c9-4-2-1-3-6-7(8(11)12)10-5-13-6/h1,3,5H,2,4H2,(H,11,12). The van der Waals surface area contributed by atoms with Crippen LogP contribution in [-0.4, -0.2) is 21.4 Å². The van der Waals surface area contributed by atoms with Crippen molar-refractivity contribution < 1.29 is 9.90 Å². The molecule has 3 nitrogen and oxygen atoms in total. The topological polar surface area (TPSA) is 50.2 Å². The average molecular weight is 262 g/mol. The number of carboxylic acids is 1. The smallest absolute Gasteiger partial charge is 0.356 e. The first-order valence-electron chi connectivity index (χ1n) is 3.65. The molecule has 0 amide bonds. The highest BCUT2D eigenvalue weighted by Crippen LogP contribution is 2.15. The molecule has 1 N–H and O–H groups in total. The second-order valence-electron chi connectivity index (χ2n) is 2.25. The first-order chi connectivity index (χ1) is 6.25. The van der Waals surface area contributed by atoms with Crippen molar-refractivity contribution in [3.8, 4) is 0 Å². The fourth-order valence-corrected chi connectivity index (χ4v) is 1.75. The van der Waals surface area contributed by atoms with Crippen LogP contribution in [0.5, 0.6) is 0 Å². The van der Waals surface area contributed by atoms with E-state index in [-0.39, 0.29) is 5.69 Å². The molecule has 0 atom stereocenters. The summed E-state index contributed by atoms with van der Waals surface area (Å²) in [6.45, 7) is 0. The van der Waals surface area contributed by atoms with Crippen molar-refractivity contribution >= 4 is 39.3 Å². The molecule has 0 fully saturated rings. The van der Waals surface area contributed by atoms with Crippen molar-refractivity contribution in [3.63, 3.8) is 0 Å². The van der Waals surface area contributed by atoms with Crippen molar-refractivity contribution in [2.24, 2.45) is 0 Å². The number of aromatic nitrogens is 1. The molecule has 0 aliphatic carbocycles. The van der Waals surface area contributed by atoms with Crippen LogP contribution in [0.4, 0.5) is 0 Å². The third-order valence-corrected chi connectivity index (χ3v) is 2.59. The lowest BCUT2D eigenvalue weighted by Gasteiger charge is -1.89. The molecule has 0 radical (unpaired) electrons. The van der Waals surface area contributed by atoms with Crippen molar-refractivity contribution in [1.82, 2.24) is 4.98 Å². The van der Waals surface area contributed by atoms with Crippen LogP contribution in [0, 0.1) is 0 Å². The van der Waals surface area contributed by atoms with Gasteiger partial charge in [-0.25, -0.2) is 9.78 Å². The Morgan fingerprint density at radius 1 is 1.77 bits per heavy atom. The summed E-state index contributed by atoms with van der Waals surface area (Å²) in [5.41, 5.74) is 1.67. The van der Waals surface area contributed by atoms with Crippen LogP contribution in [0.2, 0.25) is 0 Å². The van der Waals surface area contributed by atoms with E-state index >= 15 is 0 Å². The number of halogens is 1. The minimum atomic E-state index is -0.972. The van der Waals surface area contributed by atoms with Crippen LogP contribution >= 0.6 is 27.3 Å². The monoisotopic (exact) mass is 261 g/mol. The van der Waals surface area contributed by atoms with E-state index in [1.54, 1.807) is 6.08 Å². The number of hydrogen-bond donors (Lipinski definition) is 1. The van der Waals surface area contributed by atoms with Gasteiger partial charge < -0.3 is 5.11 Å². The maximum absolute atomic E-state index is 10.6. The molecule has 1 aromatic heterocycles. The van der Waals surface area contributed by atoms with Gasteiger partial charge in [0.2, 0.25) is 0 Å². The number of nitrogens with zero attached hydrogens (tertiary/aromatic N) is 1. The fraction of sp³-hybridized carbons (Fsp3) is 0.250. The summed E-state index contributed by atoms with van der Waals surface area (Å²) in [6, 6.07) is 0. The van der Waals surface area contributed by atoms with Gasteiger partial charge in [0.25, 0.3) is 0 Å². The maximum Gasteiger partial charge on any atom is 0.356 e. The van der Waals surface area contributed by atoms with Gasteiger partial charge >= 0.3 is 5.97 Å². The predicted octanol–water partition coefficient (Wildman–Crippen LogP) is 2.64. The number of carboxylic acid groups (broad SMARTS) is 1. The van der Waals surface area contributed by atoms with E-state index in [0.717, 1.165) is 11.8 Å². The first-order valence-corrected chi connectivity index (χ1v) is 5.65. The number of rotatable bonds is 4. The van der Waals surface area contributed by atoms with Gasteiger partial charge in [0.1, 0.15) is 0 Å². The Hall–Kier alpha value is -0.680. The lowest BCUT2D eigenvalue weighted by Crippen LogP contribution is -1.97. The molecular weight excluding hydrogens is 254 g/mol. The average Bonchev–Trinajstić information content (AvgIpc) is 2.53. The Balaban J connectivity index is 2.76. The van der Waals surface area contributed by atoms with Crippen molar-refractivity contribution in [1.29, 1.82) is 0 Å². The van der Waals surface area contributed by atoms with Crippen LogP contribution < -0.4 is 0 Å². The zero-order chi connectivity index (χ0) is 9.68. The lowest BCUT2D eigenvalue weighted by atomic mass is 10.3. The molecule has 0 aliphatic rings. The molecule has 0 spiro atoms. The molecule has 1 aromatic rings. The first kappa shape index (κ1) is 10.4. The molecule has 1 rings (SSSR count). The SMILES string of the molecule is O=C(O)c1ncsc1C=CCCBr. The molecule has 0 unspecified atom stereocenters. The molecule has 0 saturated carbocycles. The minimum Gasteiger partial charge on any atom is -0.476 e. The highest BCUT2D eigenvalue weighted by atomic mass is 79.9. The van der Waals surface area contributed by atoms with Crippen molar-refractivity contribution in [3.05, 3.63) is 22.2 Å². The van der Waals surface area contributed by atoms with Gasteiger partial charge in [-0.2, -0.15) is 0 Å². The number of thiazole rings is 1. The molecule has 0 aromatic carbocycles. The van der Waals surface area contributed by atoms with Gasteiger partial charge in [0.05, 0.1) is 10.4 Å². The van der Waals surface area contributed by atoms with E-state index in [1.165, 1.54) is 16.8 Å². The summed E-state index contributed by atoms with van der Waals surface area (Å²) >= 11 is 4.62. The van der Waals surface area contributed by atoms with Crippen LogP contribution in [0.1, 0.15) is 21.8 Å². The van der Waals surface area contributed by atoms with Gasteiger partial charge in [-0.1, -0.05) is 22.0 Å². The van der Waals surface area contributed by atoms with E-state index in [1.807, 2.05) is 6.08 Å². The third kappa shape index (κ3) is 2.93. The van der Waals surface area contributed by atoms with Crippen LogP contribution in [0.3, 0.4) is 0 Å². The summed E-state index contributed by atoms with van der Waals surface area (Å²) in [4.78, 5) is 15.1. The summed E-state index contributed by atoms with van der Waals surface area (Å²) in [5.74, 6) is -0.972. The van der Waals surface area contributed by atoms with Gasteiger partial charge in [0.15, 0.2) is 5.69 Å². The van der Waals surface area contributed by atoms with Gasteiger partial charge in [-0.3, -0.25) is 0 Å². The number of aromatic carboxylic acids is 1. The molecule has 70 valence electrons. The number of hydrogen-bond acceptors (Lipinski definition) is 3. The van der Waals surface area contributed by atoms with E-state index in [4.69, 9.17) is 5.11 Å². The molecule has 13 heavy (non-hydrogen) atoms. The third-order valence-electron chi connectivity index (χ3n) is 1.34.